The molecule has 0 unspecified atom stereocenters. The summed E-state index contributed by atoms with van der Waals surface area (Å²) in [6.45, 7) is 6.17. The number of carbonyl (C=O) groups excluding carboxylic acids is 1. The summed E-state index contributed by atoms with van der Waals surface area (Å²) in [6.07, 6.45) is 1.54. The van der Waals surface area contributed by atoms with E-state index in [4.69, 9.17) is 8.83 Å². The van der Waals surface area contributed by atoms with Crippen molar-refractivity contribution in [3.63, 3.8) is 0 Å². The Morgan fingerprint density at radius 3 is 2.66 bits per heavy atom. The van der Waals surface area contributed by atoms with Gasteiger partial charge in [-0.1, -0.05) is 42.1 Å². The molecule has 3 heterocycles. The Morgan fingerprint density at radius 2 is 1.93 bits per heavy atom. The van der Waals surface area contributed by atoms with Crippen LogP contribution in [0.2, 0.25) is 0 Å². The molecular formula is C22H21N3O3S. The van der Waals surface area contributed by atoms with Crippen LogP contribution in [0.3, 0.4) is 0 Å². The molecule has 0 N–H and O–H groups in total. The molecule has 148 valence electrons. The molecule has 0 radical (unpaired) electrons. The molecule has 0 amide bonds. The predicted octanol–water partition coefficient (Wildman–Crippen LogP) is 5.33. The van der Waals surface area contributed by atoms with Crippen LogP contribution in [-0.4, -0.2) is 26.3 Å². The van der Waals surface area contributed by atoms with Gasteiger partial charge in [0.1, 0.15) is 0 Å². The van der Waals surface area contributed by atoms with Crippen LogP contribution in [0.5, 0.6) is 0 Å². The van der Waals surface area contributed by atoms with Crippen molar-refractivity contribution in [2.24, 2.45) is 0 Å². The lowest BCUT2D eigenvalue weighted by atomic mass is 10.1. The Bertz CT molecular complexity index is 1110. The number of hydrogen-bond acceptors (Lipinski definition) is 6. The highest BCUT2D eigenvalue weighted by Gasteiger charge is 2.21. The Hall–Kier alpha value is -3.06. The smallest absolute Gasteiger partial charge is 0.284 e. The zero-order valence-corrected chi connectivity index (χ0v) is 17.3. The Labute approximate surface area is 172 Å². The molecule has 0 spiro atoms. The number of aryl methyl sites for hydroxylation is 1. The number of nitrogens with zero attached hydrogens (tertiary/aromatic N) is 3. The van der Waals surface area contributed by atoms with Crippen molar-refractivity contribution in [2.75, 3.05) is 5.75 Å². The zero-order valence-electron chi connectivity index (χ0n) is 16.5. The van der Waals surface area contributed by atoms with Crippen LogP contribution in [0, 0.1) is 13.8 Å². The van der Waals surface area contributed by atoms with Gasteiger partial charge in [-0.25, -0.2) is 0 Å². The molecule has 4 aromatic rings. The van der Waals surface area contributed by atoms with Gasteiger partial charge in [-0.05, 0) is 44.5 Å². The first-order chi connectivity index (χ1) is 14.0. The van der Waals surface area contributed by atoms with Crippen molar-refractivity contribution in [1.29, 1.82) is 0 Å². The molecule has 0 aliphatic rings. The van der Waals surface area contributed by atoms with Crippen LogP contribution >= 0.6 is 11.8 Å². The summed E-state index contributed by atoms with van der Waals surface area (Å²) < 4.78 is 13.0. The van der Waals surface area contributed by atoms with Gasteiger partial charge in [0.25, 0.3) is 11.1 Å². The zero-order chi connectivity index (χ0) is 20.4. The fourth-order valence-corrected chi connectivity index (χ4v) is 4.16. The third-order valence-electron chi connectivity index (χ3n) is 4.92. The number of hydrogen-bond donors (Lipinski definition) is 0. The normalized spacial score (nSPS) is 12.2. The first-order valence-corrected chi connectivity index (χ1v) is 10.3. The maximum atomic E-state index is 12.9. The fraction of sp³-hybridized carbons (Fsp3) is 0.227. The van der Waals surface area contributed by atoms with E-state index < -0.39 is 0 Å². The number of furan rings is 1. The molecule has 6 nitrogen and oxygen atoms in total. The van der Waals surface area contributed by atoms with E-state index in [1.54, 1.807) is 18.4 Å². The molecule has 0 fully saturated rings. The maximum absolute atomic E-state index is 12.9. The summed E-state index contributed by atoms with van der Waals surface area (Å²) >= 11 is 1.23. The average molecular weight is 407 g/mol. The highest BCUT2D eigenvalue weighted by Crippen LogP contribution is 2.28. The average Bonchev–Trinajstić information content (AvgIpc) is 3.47. The van der Waals surface area contributed by atoms with Crippen LogP contribution in [0.1, 0.15) is 40.3 Å². The van der Waals surface area contributed by atoms with Crippen LogP contribution in [0.25, 0.3) is 11.7 Å². The molecule has 7 heteroatoms. The van der Waals surface area contributed by atoms with Crippen LogP contribution in [0.15, 0.2) is 68.9 Å². The van der Waals surface area contributed by atoms with E-state index >= 15 is 0 Å². The van der Waals surface area contributed by atoms with Crippen molar-refractivity contribution >= 4 is 17.5 Å². The van der Waals surface area contributed by atoms with Crippen molar-refractivity contribution in [3.05, 3.63) is 77.3 Å². The topological polar surface area (TPSA) is 74.1 Å². The van der Waals surface area contributed by atoms with Gasteiger partial charge in [-0.15, -0.1) is 10.2 Å². The Balaban J connectivity index is 1.48. The second kappa shape index (κ2) is 8.13. The summed E-state index contributed by atoms with van der Waals surface area (Å²) in [5.74, 6) is 1.07. The van der Waals surface area contributed by atoms with E-state index in [1.807, 2.05) is 38.1 Å². The summed E-state index contributed by atoms with van der Waals surface area (Å²) in [4.78, 5) is 12.9. The second-order valence-corrected chi connectivity index (χ2v) is 7.73. The summed E-state index contributed by atoms with van der Waals surface area (Å²) in [6, 6.07) is 15.9. The SMILES string of the molecule is Cc1cc(C(=O)CSc2nnc(-c3ccco3)o2)c(C)n1[C@@H](C)c1ccccc1. The van der Waals surface area contributed by atoms with Gasteiger partial charge >= 0.3 is 0 Å². The number of Topliss-reactive ketones (excluding diaryl/α,β-unsaturated/α-hetero) is 1. The van der Waals surface area contributed by atoms with E-state index in [2.05, 4.69) is 33.8 Å². The molecule has 0 aliphatic carbocycles. The largest absolute Gasteiger partial charge is 0.459 e. The van der Waals surface area contributed by atoms with Crippen molar-refractivity contribution in [1.82, 2.24) is 14.8 Å². The molecule has 0 bridgehead atoms. The summed E-state index contributed by atoms with van der Waals surface area (Å²) in [5.41, 5.74) is 3.96. The van der Waals surface area contributed by atoms with E-state index in [0.29, 0.717) is 16.9 Å². The first kappa shape index (κ1) is 19.3. The lowest BCUT2D eigenvalue weighted by Gasteiger charge is -2.19. The minimum absolute atomic E-state index is 0.0346. The Morgan fingerprint density at radius 1 is 1.14 bits per heavy atom. The fourth-order valence-electron chi connectivity index (χ4n) is 3.51. The van der Waals surface area contributed by atoms with Crippen molar-refractivity contribution in [3.8, 4) is 11.7 Å². The molecule has 4 rings (SSSR count). The van der Waals surface area contributed by atoms with Gasteiger partial charge in [0.05, 0.1) is 18.1 Å². The van der Waals surface area contributed by atoms with Gasteiger partial charge in [0.15, 0.2) is 11.5 Å². The molecule has 1 aromatic carbocycles. The van der Waals surface area contributed by atoms with E-state index in [9.17, 15) is 4.79 Å². The monoisotopic (exact) mass is 407 g/mol. The predicted molar refractivity (Wildman–Crippen MR) is 111 cm³/mol. The third-order valence-corrected chi connectivity index (χ3v) is 5.74. The van der Waals surface area contributed by atoms with Gasteiger partial charge in [-0.2, -0.15) is 0 Å². The quantitative estimate of drug-likeness (QED) is 0.304. The number of ketones is 1. The maximum Gasteiger partial charge on any atom is 0.284 e. The van der Waals surface area contributed by atoms with Gasteiger partial charge in [0.2, 0.25) is 0 Å². The van der Waals surface area contributed by atoms with Gasteiger partial charge in [0, 0.05) is 17.0 Å². The first-order valence-electron chi connectivity index (χ1n) is 9.31. The summed E-state index contributed by atoms with van der Waals surface area (Å²) in [5, 5.41) is 8.28. The van der Waals surface area contributed by atoms with Crippen molar-refractivity contribution in [2.45, 2.75) is 32.0 Å². The molecule has 0 saturated heterocycles. The van der Waals surface area contributed by atoms with Crippen LogP contribution in [0.4, 0.5) is 0 Å². The van der Waals surface area contributed by atoms with E-state index in [-0.39, 0.29) is 17.6 Å². The number of rotatable bonds is 7. The van der Waals surface area contributed by atoms with Crippen LogP contribution < -0.4 is 0 Å². The minimum atomic E-state index is 0.0346. The van der Waals surface area contributed by atoms with Crippen LogP contribution in [-0.2, 0) is 0 Å². The lowest BCUT2D eigenvalue weighted by Crippen LogP contribution is -2.11. The van der Waals surface area contributed by atoms with E-state index in [1.165, 1.54) is 17.3 Å². The Kier molecular flexibility index (Phi) is 5.40. The van der Waals surface area contributed by atoms with Gasteiger partial charge in [-0.3, -0.25) is 4.79 Å². The second-order valence-electron chi connectivity index (χ2n) is 6.80. The van der Waals surface area contributed by atoms with Gasteiger partial charge < -0.3 is 13.4 Å². The molecule has 1 atom stereocenters. The van der Waals surface area contributed by atoms with E-state index in [0.717, 1.165) is 17.0 Å². The standard InChI is InChI=1S/C22H21N3O3S/c1-14-12-18(16(3)25(14)15(2)17-8-5-4-6-9-17)19(26)13-29-22-24-23-21(28-22)20-10-7-11-27-20/h4-12,15H,13H2,1-3H3/t15-/m0/s1. The number of thioether (sulfide) groups is 1. The number of aromatic nitrogens is 3. The molecule has 0 saturated carbocycles. The lowest BCUT2D eigenvalue weighted by molar-refractivity contribution is 0.102. The highest BCUT2D eigenvalue weighted by atomic mass is 32.2. The number of benzene rings is 1. The molecule has 3 aromatic heterocycles. The molecular weight excluding hydrogens is 386 g/mol. The molecule has 0 aliphatic heterocycles. The number of carbonyl (C=O) groups is 1. The minimum Gasteiger partial charge on any atom is -0.459 e. The molecule has 29 heavy (non-hydrogen) atoms. The summed E-state index contributed by atoms with van der Waals surface area (Å²) in [7, 11) is 0. The highest BCUT2D eigenvalue weighted by molar-refractivity contribution is 7.99. The third kappa shape index (κ3) is 3.91. The van der Waals surface area contributed by atoms with Crippen molar-refractivity contribution < 1.29 is 13.6 Å².